The lowest BCUT2D eigenvalue weighted by atomic mass is 10.2. The van der Waals surface area contributed by atoms with Gasteiger partial charge in [0.1, 0.15) is 11.6 Å². The van der Waals surface area contributed by atoms with Crippen molar-refractivity contribution < 1.29 is 21.9 Å². The van der Waals surface area contributed by atoms with Crippen molar-refractivity contribution in [2.75, 3.05) is 0 Å². The van der Waals surface area contributed by atoms with Crippen LogP contribution in [0.15, 0.2) is 42.5 Å². The largest absolute Gasteiger partial charge is 0.375 e. The van der Waals surface area contributed by atoms with Crippen molar-refractivity contribution >= 4 is 15.8 Å². The Morgan fingerprint density at radius 1 is 1.23 bits per heavy atom. The van der Waals surface area contributed by atoms with E-state index in [1.165, 1.54) is 36.4 Å². The summed E-state index contributed by atoms with van der Waals surface area (Å²) in [7, 11) is -4.22. The van der Waals surface area contributed by atoms with Crippen LogP contribution in [0.4, 0.5) is 10.1 Å². The Labute approximate surface area is 126 Å². The van der Waals surface area contributed by atoms with Gasteiger partial charge < -0.3 is 4.18 Å². The Morgan fingerprint density at radius 3 is 2.55 bits per heavy atom. The van der Waals surface area contributed by atoms with E-state index in [0.717, 1.165) is 6.07 Å². The second-order valence-corrected chi connectivity index (χ2v) is 6.18. The van der Waals surface area contributed by atoms with E-state index in [1.807, 2.05) is 0 Å². The molecule has 0 unspecified atom stereocenters. The van der Waals surface area contributed by atoms with E-state index in [-0.39, 0.29) is 5.56 Å². The van der Waals surface area contributed by atoms with Crippen molar-refractivity contribution in [3.8, 4) is 5.75 Å². The van der Waals surface area contributed by atoms with E-state index in [9.17, 15) is 22.9 Å². The van der Waals surface area contributed by atoms with E-state index in [0.29, 0.717) is 5.56 Å². The first kappa shape index (κ1) is 15.9. The summed E-state index contributed by atoms with van der Waals surface area (Å²) in [5.41, 5.74) is 0.0555. The van der Waals surface area contributed by atoms with Crippen LogP contribution in [0.5, 0.6) is 5.75 Å². The molecule has 0 amide bonds. The highest BCUT2D eigenvalue weighted by Gasteiger charge is 2.23. The predicted octanol–water partition coefficient (Wildman–Crippen LogP) is 2.95. The van der Waals surface area contributed by atoms with Gasteiger partial charge in [-0.1, -0.05) is 24.3 Å². The smallest absolute Gasteiger partial charge is 0.313 e. The Kier molecular flexibility index (Phi) is 4.41. The maximum absolute atomic E-state index is 13.5. The van der Waals surface area contributed by atoms with Crippen LogP contribution in [0.25, 0.3) is 0 Å². The molecule has 0 fully saturated rings. The lowest BCUT2D eigenvalue weighted by Crippen LogP contribution is -2.14. The number of nitro groups is 1. The van der Waals surface area contributed by atoms with E-state index >= 15 is 0 Å². The summed E-state index contributed by atoms with van der Waals surface area (Å²) in [6, 6.07) is 9.24. The van der Waals surface area contributed by atoms with Crippen LogP contribution >= 0.6 is 0 Å². The number of hydrogen-bond acceptors (Lipinski definition) is 5. The number of hydrogen-bond donors (Lipinski definition) is 0. The Bertz CT molecular complexity index is 820. The standard InChI is InChI=1S/C14H12FNO5S/c1-10-6-7-14(13(8-10)16(17)18)21-22(19,20)9-11-4-2-3-5-12(11)15/h2-8H,9H2,1H3. The van der Waals surface area contributed by atoms with E-state index in [2.05, 4.69) is 0 Å². The zero-order chi connectivity index (χ0) is 16.3. The molecule has 0 heterocycles. The molecule has 2 aromatic carbocycles. The van der Waals surface area contributed by atoms with E-state index < -0.39 is 38.0 Å². The number of benzene rings is 2. The van der Waals surface area contributed by atoms with Gasteiger partial charge in [-0.3, -0.25) is 10.1 Å². The molecule has 0 saturated heterocycles. The number of nitrogens with zero attached hydrogens (tertiary/aromatic N) is 1. The minimum absolute atomic E-state index is 0.0720. The summed E-state index contributed by atoms with van der Waals surface area (Å²) in [5.74, 6) is -1.80. The summed E-state index contributed by atoms with van der Waals surface area (Å²) in [6.45, 7) is 1.63. The Hall–Kier alpha value is -2.48. The number of halogens is 1. The molecule has 2 aromatic rings. The third kappa shape index (κ3) is 3.79. The van der Waals surface area contributed by atoms with Gasteiger partial charge >= 0.3 is 15.8 Å². The molecule has 0 radical (unpaired) electrons. The molecule has 8 heteroatoms. The minimum Gasteiger partial charge on any atom is -0.375 e. The summed E-state index contributed by atoms with van der Waals surface area (Å²) in [5, 5.41) is 10.9. The normalized spacial score (nSPS) is 11.2. The molecule has 0 aliphatic carbocycles. The highest BCUT2D eigenvalue weighted by atomic mass is 32.2. The highest BCUT2D eigenvalue weighted by molar-refractivity contribution is 7.86. The quantitative estimate of drug-likeness (QED) is 0.479. The molecular formula is C14H12FNO5S. The van der Waals surface area contributed by atoms with Crippen LogP contribution in [0.1, 0.15) is 11.1 Å². The van der Waals surface area contributed by atoms with Gasteiger partial charge in [0.2, 0.25) is 5.75 Å². The topological polar surface area (TPSA) is 86.5 Å². The van der Waals surface area contributed by atoms with Crippen molar-refractivity contribution in [2.24, 2.45) is 0 Å². The van der Waals surface area contributed by atoms with Crippen molar-refractivity contribution in [3.63, 3.8) is 0 Å². The molecule has 0 aliphatic rings. The van der Waals surface area contributed by atoms with Crippen LogP contribution in [0, 0.1) is 22.9 Å². The minimum atomic E-state index is -4.22. The fourth-order valence-electron chi connectivity index (χ4n) is 1.81. The summed E-state index contributed by atoms with van der Waals surface area (Å²) < 4.78 is 42.2. The molecule has 6 nitrogen and oxygen atoms in total. The average Bonchev–Trinajstić information content (AvgIpc) is 2.42. The lowest BCUT2D eigenvalue weighted by Gasteiger charge is -2.08. The average molecular weight is 325 g/mol. The molecule has 0 saturated carbocycles. The molecule has 116 valence electrons. The molecule has 0 aliphatic heterocycles. The van der Waals surface area contributed by atoms with Crippen LogP contribution in [0.3, 0.4) is 0 Å². The monoisotopic (exact) mass is 325 g/mol. The Morgan fingerprint density at radius 2 is 1.91 bits per heavy atom. The first-order valence-corrected chi connectivity index (χ1v) is 7.77. The summed E-state index contributed by atoms with van der Waals surface area (Å²) in [4.78, 5) is 10.2. The Balaban J connectivity index is 2.30. The molecular weight excluding hydrogens is 313 g/mol. The van der Waals surface area contributed by atoms with Gasteiger partial charge in [0.25, 0.3) is 0 Å². The van der Waals surface area contributed by atoms with Crippen molar-refractivity contribution in [1.29, 1.82) is 0 Å². The summed E-state index contributed by atoms with van der Waals surface area (Å²) in [6.07, 6.45) is 0. The van der Waals surface area contributed by atoms with Gasteiger partial charge in [-0.2, -0.15) is 8.42 Å². The van der Waals surface area contributed by atoms with Gasteiger partial charge in [0, 0.05) is 11.6 Å². The fourth-order valence-corrected chi connectivity index (χ4v) is 2.90. The maximum atomic E-state index is 13.5. The molecule has 2 rings (SSSR count). The number of nitro benzene ring substituents is 1. The molecule has 0 spiro atoms. The molecule has 0 aromatic heterocycles. The van der Waals surface area contributed by atoms with Crippen molar-refractivity contribution in [1.82, 2.24) is 0 Å². The molecule has 0 atom stereocenters. The highest BCUT2D eigenvalue weighted by Crippen LogP contribution is 2.29. The second kappa shape index (κ2) is 6.10. The van der Waals surface area contributed by atoms with E-state index in [1.54, 1.807) is 6.92 Å². The van der Waals surface area contributed by atoms with Crippen molar-refractivity contribution in [3.05, 3.63) is 69.5 Å². The van der Waals surface area contributed by atoms with Gasteiger partial charge in [-0.05, 0) is 24.6 Å². The van der Waals surface area contributed by atoms with Crippen LogP contribution in [0.2, 0.25) is 0 Å². The molecule has 0 N–H and O–H groups in total. The third-order valence-electron chi connectivity index (χ3n) is 2.82. The number of aryl methyl sites for hydroxylation is 1. The molecule has 22 heavy (non-hydrogen) atoms. The predicted molar refractivity (Wildman–Crippen MR) is 77.5 cm³/mol. The van der Waals surface area contributed by atoms with Crippen LogP contribution in [-0.2, 0) is 15.9 Å². The van der Waals surface area contributed by atoms with Crippen LogP contribution in [-0.4, -0.2) is 13.3 Å². The fraction of sp³-hybridized carbons (Fsp3) is 0.143. The first-order valence-electron chi connectivity index (χ1n) is 6.19. The molecule has 0 bridgehead atoms. The third-order valence-corrected chi connectivity index (χ3v) is 3.92. The van der Waals surface area contributed by atoms with E-state index in [4.69, 9.17) is 4.18 Å². The zero-order valence-electron chi connectivity index (χ0n) is 11.5. The first-order chi connectivity index (χ1) is 10.3. The summed E-state index contributed by atoms with van der Waals surface area (Å²) >= 11 is 0. The van der Waals surface area contributed by atoms with Crippen LogP contribution < -0.4 is 4.18 Å². The van der Waals surface area contributed by atoms with Gasteiger partial charge in [-0.25, -0.2) is 4.39 Å². The van der Waals surface area contributed by atoms with Gasteiger partial charge in [0.15, 0.2) is 0 Å². The van der Waals surface area contributed by atoms with Crippen molar-refractivity contribution in [2.45, 2.75) is 12.7 Å². The van der Waals surface area contributed by atoms with Gasteiger partial charge in [-0.15, -0.1) is 0 Å². The lowest BCUT2D eigenvalue weighted by molar-refractivity contribution is -0.385. The number of rotatable bonds is 5. The maximum Gasteiger partial charge on any atom is 0.313 e. The SMILES string of the molecule is Cc1ccc(OS(=O)(=O)Cc2ccccc2F)c([N+](=O)[O-])c1. The zero-order valence-corrected chi connectivity index (χ0v) is 12.3. The second-order valence-electron chi connectivity index (χ2n) is 4.61. The van der Waals surface area contributed by atoms with Gasteiger partial charge in [0.05, 0.1) is 4.92 Å².